The van der Waals surface area contributed by atoms with Crippen molar-refractivity contribution < 1.29 is 19.3 Å². The number of hydrogen-bond acceptors (Lipinski definition) is 5. The summed E-state index contributed by atoms with van der Waals surface area (Å²) in [6, 6.07) is 3.41. The van der Waals surface area contributed by atoms with Gasteiger partial charge in [0.2, 0.25) is 0 Å². The molecule has 1 aromatic rings. The van der Waals surface area contributed by atoms with E-state index in [1.165, 1.54) is 12.8 Å². The molecule has 2 N–H and O–H groups in total. The van der Waals surface area contributed by atoms with Crippen LogP contribution in [-0.2, 0) is 0 Å². The summed E-state index contributed by atoms with van der Waals surface area (Å²) in [5.74, 6) is 2.72. The Bertz CT molecular complexity index is 420. The molecule has 1 atom stereocenters. The predicted molar refractivity (Wildman–Crippen MR) is 76.7 cm³/mol. The topological polar surface area (TPSA) is 60.0 Å². The minimum atomic E-state index is -0.202. The molecule has 0 spiro atoms. The largest absolute Gasteiger partial charge is 0.496 e. The van der Waals surface area contributed by atoms with E-state index >= 15 is 0 Å². The first-order valence-corrected chi connectivity index (χ1v) is 6.87. The van der Waals surface area contributed by atoms with Crippen molar-refractivity contribution in [3.63, 3.8) is 0 Å². The van der Waals surface area contributed by atoms with Crippen LogP contribution in [0.15, 0.2) is 12.1 Å². The van der Waals surface area contributed by atoms with Gasteiger partial charge in [-0.2, -0.15) is 0 Å². The minimum absolute atomic E-state index is 0.00817. The van der Waals surface area contributed by atoms with Crippen LogP contribution in [-0.4, -0.2) is 39.6 Å². The Labute approximate surface area is 119 Å². The molecule has 20 heavy (non-hydrogen) atoms. The molecule has 2 rings (SSSR count). The first-order chi connectivity index (χ1) is 9.73. The van der Waals surface area contributed by atoms with Crippen molar-refractivity contribution in [3.05, 3.63) is 17.7 Å². The molecule has 1 saturated carbocycles. The number of hydrogen-bond donors (Lipinski definition) is 2. The molecular formula is C15H23NO4. The number of ether oxygens (including phenoxy) is 3. The molecule has 0 amide bonds. The van der Waals surface area contributed by atoms with Gasteiger partial charge in [-0.3, -0.25) is 0 Å². The van der Waals surface area contributed by atoms with E-state index in [2.05, 4.69) is 5.32 Å². The number of aliphatic hydroxyl groups is 1. The molecule has 0 aliphatic heterocycles. The zero-order chi connectivity index (χ0) is 14.5. The number of benzene rings is 1. The van der Waals surface area contributed by atoms with Crippen molar-refractivity contribution in [2.24, 2.45) is 5.92 Å². The van der Waals surface area contributed by atoms with Crippen LogP contribution in [0, 0.1) is 5.92 Å². The first-order valence-electron chi connectivity index (χ1n) is 6.87. The molecule has 1 aliphatic rings. The fraction of sp³-hybridized carbons (Fsp3) is 0.600. The SMILES string of the molecule is COc1cc(OC)c(C(CO)NCC2CC2)c(OC)c1. The van der Waals surface area contributed by atoms with Gasteiger partial charge in [0.1, 0.15) is 17.2 Å². The summed E-state index contributed by atoms with van der Waals surface area (Å²) in [7, 11) is 4.81. The van der Waals surface area contributed by atoms with Crippen LogP contribution < -0.4 is 19.5 Å². The number of aliphatic hydroxyl groups excluding tert-OH is 1. The van der Waals surface area contributed by atoms with Crippen molar-refractivity contribution in [1.29, 1.82) is 0 Å². The molecule has 5 nitrogen and oxygen atoms in total. The maximum atomic E-state index is 9.67. The molecule has 1 aromatic carbocycles. The van der Waals surface area contributed by atoms with Crippen LogP contribution in [0.2, 0.25) is 0 Å². The van der Waals surface area contributed by atoms with E-state index in [0.717, 1.165) is 18.0 Å². The van der Waals surface area contributed by atoms with Gasteiger partial charge in [0.05, 0.1) is 39.5 Å². The molecule has 1 aliphatic carbocycles. The van der Waals surface area contributed by atoms with Crippen LogP contribution in [0.4, 0.5) is 0 Å². The standard InChI is InChI=1S/C15H23NO4/c1-18-11-6-13(19-2)15(14(7-11)20-3)12(9-17)16-8-10-4-5-10/h6-7,10,12,16-17H,4-5,8-9H2,1-3H3. The van der Waals surface area contributed by atoms with Crippen LogP contribution in [0.5, 0.6) is 17.2 Å². The van der Waals surface area contributed by atoms with Crippen molar-refractivity contribution >= 4 is 0 Å². The lowest BCUT2D eigenvalue weighted by Gasteiger charge is -2.22. The quantitative estimate of drug-likeness (QED) is 0.760. The molecule has 0 aromatic heterocycles. The Morgan fingerprint density at radius 2 is 1.75 bits per heavy atom. The van der Waals surface area contributed by atoms with Gasteiger partial charge in [-0.15, -0.1) is 0 Å². The van der Waals surface area contributed by atoms with E-state index in [1.54, 1.807) is 33.5 Å². The second-order valence-electron chi connectivity index (χ2n) is 5.03. The van der Waals surface area contributed by atoms with Crippen LogP contribution >= 0.6 is 0 Å². The lowest BCUT2D eigenvalue weighted by molar-refractivity contribution is 0.235. The Morgan fingerprint density at radius 3 is 2.15 bits per heavy atom. The zero-order valence-corrected chi connectivity index (χ0v) is 12.3. The van der Waals surface area contributed by atoms with Crippen LogP contribution in [0.1, 0.15) is 24.4 Å². The van der Waals surface area contributed by atoms with Gasteiger partial charge in [-0.05, 0) is 25.3 Å². The lowest BCUT2D eigenvalue weighted by Crippen LogP contribution is -2.27. The third kappa shape index (κ3) is 3.35. The Hall–Kier alpha value is -1.46. The second kappa shape index (κ2) is 6.81. The van der Waals surface area contributed by atoms with Gasteiger partial charge in [-0.25, -0.2) is 0 Å². The summed E-state index contributed by atoms with van der Waals surface area (Å²) in [6.07, 6.45) is 2.53. The summed E-state index contributed by atoms with van der Waals surface area (Å²) in [5.41, 5.74) is 0.832. The maximum absolute atomic E-state index is 9.67. The van der Waals surface area contributed by atoms with Crippen molar-refractivity contribution in [2.75, 3.05) is 34.5 Å². The van der Waals surface area contributed by atoms with Crippen molar-refractivity contribution in [2.45, 2.75) is 18.9 Å². The Kier molecular flexibility index (Phi) is 5.09. The van der Waals surface area contributed by atoms with Gasteiger partial charge in [0, 0.05) is 12.1 Å². The molecule has 1 unspecified atom stereocenters. The van der Waals surface area contributed by atoms with E-state index in [0.29, 0.717) is 17.2 Å². The highest BCUT2D eigenvalue weighted by molar-refractivity contribution is 5.52. The van der Waals surface area contributed by atoms with Crippen molar-refractivity contribution in [3.8, 4) is 17.2 Å². The smallest absolute Gasteiger partial charge is 0.131 e. The molecule has 1 fully saturated rings. The molecule has 0 radical (unpaired) electrons. The van der Waals surface area contributed by atoms with E-state index in [1.807, 2.05) is 0 Å². The number of rotatable bonds is 8. The van der Waals surface area contributed by atoms with Crippen LogP contribution in [0.3, 0.4) is 0 Å². The van der Waals surface area contributed by atoms with Gasteiger partial charge in [-0.1, -0.05) is 0 Å². The van der Waals surface area contributed by atoms with E-state index in [9.17, 15) is 5.11 Å². The molecule has 5 heteroatoms. The zero-order valence-electron chi connectivity index (χ0n) is 12.3. The molecule has 0 saturated heterocycles. The van der Waals surface area contributed by atoms with Crippen LogP contribution in [0.25, 0.3) is 0 Å². The Morgan fingerprint density at radius 1 is 1.15 bits per heavy atom. The van der Waals surface area contributed by atoms with Gasteiger partial charge < -0.3 is 24.6 Å². The first kappa shape index (κ1) is 14.9. The average molecular weight is 281 g/mol. The molecule has 0 bridgehead atoms. The summed E-state index contributed by atoms with van der Waals surface area (Å²) in [4.78, 5) is 0. The normalized spacial score (nSPS) is 15.8. The molecule has 112 valence electrons. The predicted octanol–water partition coefficient (Wildman–Crippen LogP) is 1.75. The highest BCUT2D eigenvalue weighted by atomic mass is 16.5. The van der Waals surface area contributed by atoms with Gasteiger partial charge >= 0.3 is 0 Å². The second-order valence-corrected chi connectivity index (χ2v) is 5.03. The Balaban J connectivity index is 2.29. The summed E-state index contributed by atoms with van der Waals surface area (Å²) in [5, 5.41) is 13.1. The molecule has 0 heterocycles. The minimum Gasteiger partial charge on any atom is -0.496 e. The highest BCUT2D eigenvalue weighted by Crippen LogP contribution is 2.38. The summed E-state index contributed by atoms with van der Waals surface area (Å²) >= 11 is 0. The van der Waals surface area contributed by atoms with E-state index in [-0.39, 0.29) is 12.6 Å². The van der Waals surface area contributed by atoms with Gasteiger partial charge in [0.25, 0.3) is 0 Å². The van der Waals surface area contributed by atoms with Gasteiger partial charge in [0.15, 0.2) is 0 Å². The third-order valence-electron chi connectivity index (χ3n) is 3.63. The maximum Gasteiger partial charge on any atom is 0.131 e. The fourth-order valence-electron chi connectivity index (χ4n) is 2.26. The number of methoxy groups -OCH3 is 3. The summed E-state index contributed by atoms with van der Waals surface area (Å²) in [6.45, 7) is 0.898. The third-order valence-corrected chi connectivity index (χ3v) is 3.63. The average Bonchev–Trinajstić information content (AvgIpc) is 3.31. The number of nitrogens with one attached hydrogen (secondary N) is 1. The monoisotopic (exact) mass is 281 g/mol. The lowest BCUT2D eigenvalue weighted by atomic mass is 10.0. The molecular weight excluding hydrogens is 258 g/mol. The summed E-state index contributed by atoms with van der Waals surface area (Å²) < 4.78 is 16.1. The highest BCUT2D eigenvalue weighted by Gasteiger charge is 2.26. The van der Waals surface area contributed by atoms with E-state index in [4.69, 9.17) is 14.2 Å². The fourth-order valence-corrected chi connectivity index (χ4v) is 2.26. The van der Waals surface area contributed by atoms with Crippen molar-refractivity contribution in [1.82, 2.24) is 5.32 Å². The van der Waals surface area contributed by atoms with E-state index < -0.39 is 0 Å².